The number of carbonyl (C=O) groups excluding carboxylic acids is 1. The van der Waals surface area contributed by atoms with Crippen molar-refractivity contribution in [1.29, 1.82) is 0 Å². The van der Waals surface area contributed by atoms with E-state index in [-0.39, 0.29) is 28.5 Å². The van der Waals surface area contributed by atoms with Crippen LogP contribution < -0.4 is 16.3 Å². The third kappa shape index (κ3) is 3.63. The van der Waals surface area contributed by atoms with E-state index in [9.17, 15) is 14.4 Å². The number of para-hydroxylation sites is 1. The molecule has 4 aromatic heterocycles. The van der Waals surface area contributed by atoms with E-state index in [1.54, 1.807) is 37.3 Å². The number of hydrogen-bond acceptors (Lipinski definition) is 7. The zero-order valence-corrected chi connectivity index (χ0v) is 17.5. The smallest absolute Gasteiger partial charge is 0.292 e. The van der Waals surface area contributed by atoms with Crippen LogP contribution in [-0.4, -0.2) is 25.7 Å². The molecular weight excluding hydrogens is 430 g/mol. The number of thiophene rings is 1. The average Bonchev–Trinajstić information content (AvgIpc) is 3.43. The summed E-state index contributed by atoms with van der Waals surface area (Å²) in [6, 6.07) is 14.6. The Kier molecular flexibility index (Phi) is 4.75. The fraction of sp³-hybridized carbons (Fsp3) is 0.0455. The number of anilines is 1. The number of aromatic amines is 1. The Morgan fingerprint density at radius 2 is 1.97 bits per heavy atom. The topological polar surface area (TPSA) is 123 Å². The average molecular weight is 445 g/mol. The van der Waals surface area contributed by atoms with Gasteiger partial charge < -0.3 is 9.73 Å². The number of aromatic nitrogens is 4. The highest BCUT2D eigenvalue weighted by molar-refractivity contribution is 7.13. The first kappa shape index (κ1) is 19.6. The van der Waals surface area contributed by atoms with E-state index in [1.807, 2.05) is 17.5 Å². The molecule has 0 fully saturated rings. The third-order valence-corrected chi connectivity index (χ3v) is 5.53. The van der Waals surface area contributed by atoms with Crippen molar-refractivity contribution in [3.05, 3.63) is 92.0 Å². The van der Waals surface area contributed by atoms with Crippen molar-refractivity contribution in [2.75, 3.05) is 5.32 Å². The Bertz CT molecular complexity index is 1580. The lowest BCUT2D eigenvalue weighted by atomic mass is 10.2. The van der Waals surface area contributed by atoms with Crippen LogP contribution in [0.3, 0.4) is 0 Å². The number of amides is 1. The molecule has 0 saturated heterocycles. The van der Waals surface area contributed by atoms with E-state index in [1.165, 1.54) is 22.1 Å². The summed E-state index contributed by atoms with van der Waals surface area (Å²) in [5.74, 6) is -0.387. The molecule has 5 aromatic rings. The van der Waals surface area contributed by atoms with Crippen LogP contribution in [-0.2, 0) is 0 Å². The van der Waals surface area contributed by atoms with Crippen LogP contribution in [0.1, 0.15) is 16.2 Å². The number of nitrogens with one attached hydrogen (secondary N) is 2. The van der Waals surface area contributed by atoms with Crippen molar-refractivity contribution in [1.82, 2.24) is 19.7 Å². The summed E-state index contributed by atoms with van der Waals surface area (Å²) in [5.41, 5.74) is 0.713. The van der Waals surface area contributed by atoms with Crippen molar-refractivity contribution in [2.24, 2.45) is 0 Å². The monoisotopic (exact) mass is 445 g/mol. The Hall–Kier alpha value is -4.31. The number of benzene rings is 1. The lowest BCUT2D eigenvalue weighted by molar-refractivity contribution is 0.0996. The van der Waals surface area contributed by atoms with Gasteiger partial charge in [0.2, 0.25) is 5.95 Å². The molecule has 5 rings (SSSR count). The van der Waals surface area contributed by atoms with Gasteiger partial charge in [-0.2, -0.15) is 9.78 Å². The van der Waals surface area contributed by atoms with Gasteiger partial charge in [0.15, 0.2) is 11.2 Å². The maximum atomic E-state index is 12.9. The summed E-state index contributed by atoms with van der Waals surface area (Å²) in [4.78, 5) is 45.1. The van der Waals surface area contributed by atoms with Crippen molar-refractivity contribution < 1.29 is 9.21 Å². The third-order valence-electron chi connectivity index (χ3n) is 4.64. The number of aryl methyl sites for hydroxylation is 1. The van der Waals surface area contributed by atoms with Gasteiger partial charge in [-0.25, -0.2) is 4.98 Å². The van der Waals surface area contributed by atoms with Crippen LogP contribution in [0, 0.1) is 6.92 Å². The summed E-state index contributed by atoms with van der Waals surface area (Å²) >= 11 is 1.48. The van der Waals surface area contributed by atoms with Gasteiger partial charge in [-0.3, -0.25) is 19.4 Å². The summed E-state index contributed by atoms with van der Waals surface area (Å²) in [7, 11) is 0. The number of nitrogens with zero attached hydrogens (tertiary/aromatic N) is 3. The van der Waals surface area contributed by atoms with Gasteiger partial charge in [0, 0.05) is 23.9 Å². The highest BCUT2D eigenvalue weighted by Crippen LogP contribution is 2.27. The normalized spacial score (nSPS) is 11.0. The van der Waals surface area contributed by atoms with Gasteiger partial charge in [0.05, 0.1) is 10.3 Å². The second-order valence-corrected chi connectivity index (χ2v) is 7.89. The van der Waals surface area contributed by atoms with Crippen LogP contribution in [0.5, 0.6) is 0 Å². The van der Waals surface area contributed by atoms with Gasteiger partial charge in [0.25, 0.3) is 11.5 Å². The first-order valence-corrected chi connectivity index (χ1v) is 10.4. The molecule has 10 heteroatoms. The highest BCUT2D eigenvalue weighted by atomic mass is 32.1. The minimum Gasteiger partial charge on any atom is -0.451 e. The second-order valence-electron chi connectivity index (χ2n) is 6.94. The fourth-order valence-corrected chi connectivity index (χ4v) is 3.92. The van der Waals surface area contributed by atoms with Crippen LogP contribution in [0.25, 0.3) is 27.5 Å². The zero-order chi connectivity index (χ0) is 22.2. The molecular formula is C22H15N5O4S. The predicted octanol–water partition coefficient (Wildman–Crippen LogP) is 3.35. The molecule has 4 heterocycles. The lowest BCUT2D eigenvalue weighted by Crippen LogP contribution is -2.19. The minimum atomic E-state index is -0.637. The largest absolute Gasteiger partial charge is 0.451 e. The van der Waals surface area contributed by atoms with E-state index in [0.717, 1.165) is 10.9 Å². The van der Waals surface area contributed by atoms with E-state index in [4.69, 9.17) is 4.42 Å². The SMILES string of the molecule is Cc1cc(=O)[nH]c(-n2nc(-c3cccs3)cc2NC(=O)c2cc(=O)c3ccccc3o2)n1. The van der Waals surface area contributed by atoms with E-state index < -0.39 is 5.91 Å². The standard InChI is InChI=1S/C22H15N5O4S/c1-12-9-20(29)25-22(23-12)27-19(10-14(26-27)18-7-4-8-32-18)24-21(30)17-11-15(28)13-5-2-3-6-16(13)31-17/h2-11H,1H3,(H,24,30)(H,23,25,29). The van der Waals surface area contributed by atoms with E-state index >= 15 is 0 Å². The molecule has 32 heavy (non-hydrogen) atoms. The summed E-state index contributed by atoms with van der Waals surface area (Å²) in [6.07, 6.45) is 0. The maximum Gasteiger partial charge on any atom is 0.292 e. The van der Waals surface area contributed by atoms with Crippen molar-refractivity contribution in [2.45, 2.75) is 6.92 Å². The molecule has 0 bridgehead atoms. The van der Waals surface area contributed by atoms with Crippen LogP contribution >= 0.6 is 11.3 Å². The first-order valence-electron chi connectivity index (χ1n) is 9.54. The Morgan fingerprint density at radius 3 is 2.75 bits per heavy atom. The van der Waals surface area contributed by atoms with Crippen molar-refractivity contribution in [3.63, 3.8) is 0 Å². The molecule has 1 amide bonds. The van der Waals surface area contributed by atoms with Crippen molar-refractivity contribution >= 4 is 34.0 Å². The molecule has 0 radical (unpaired) electrons. The molecule has 0 aliphatic rings. The Balaban J connectivity index is 1.59. The summed E-state index contributed by atoms with van der Waals surface area (Å²) in [5, 5.41) is 9.51. The Labute approximate surface area is 184 Å². The van der Waals surface area contributed by atoms with Crippen molar-refractivity contribution in [3.8, 4) is 16.5 Å². The molecule has 158 valence electrons. The first-order chi connectivity index (χ1) is 15.5. The number of carbonyl (C=O) groups is 1. The number of fused-ring (bicyclic) bond motifs is 1. The summed E-state index contributed by atoms with van der Waals surface area (Å²) in [6.45, 7) is 1.68. The predicted molar refractivity (Wildman–Crippen MR) is 120 cm³/mol. The number of H-pyrrole nitrogens is 1. The number of hydrogen-bond donors (Lipinski definition) is 2. The van der Waals surface area contributed by atoms with E-state index in [0.29, 0.717) is 22.4 Å². The molecule has 1 aromatic carbocycles. The molecule has 9 nitrogen and oxygen atoms in total. The Morgan fingerprint density at radius 1 is 1.12 bits per heavy atom. The molecule has 0 aliphatic heterocycles. The molecule has 0 aliphatic carbocycles. The molecule has 2 N–H and O–H groups in total. The van der Waals surface area contributed by atoms with Crippen LogP contribution in [0.2, 0.25) is 0 Å². The van der Waals surface area contributed by atoms with Gasteiger partial charge in [-0.05, 0) is 30.5 Å². The highest BCUT2D eigenvalue weighted by Gasteiger charge is 2.19. The number of rotatable bonds is 4. The van der Waals surface area contributed by atoms with E-state index in [2.05, 4.69) is 20.4 Å². The lowest BCUT2D eigenvalue weighted by Gasteiger charge is -2.08. The van der Waals surface area contributed by atoms with Crippen LogP contribution in [0.4, 0.5) is 5.82 Å². The van der Waals surface area contributed by atoms with Gasteiger partial charge in [-0.15, -0.1) is 11.3 Å². The molecule has 0 saturated carbocycles. The second kappa shape index (κ2) is 7.75. The van der Waals surface area contributed by atoms with Gasteiger partial charge >= 0.3 is 0 Å². The fourth-order valence-electron chi connectivity index (χ4n) is 3.23. The maximum absolute atomic E-state index is 12.9. The minimum absolute atomic E-state index is 0.146. The molecule has 0 unspecified atom stereocenters. The summed E-state index contributed by atoms with van der Waals surface area (Å²) < 4.78 is 6.96. The zero-order valence-electron chi connectivity index (χ0n) is 16.7. The van der Waals surface area contributed by atoms with Gasteiger partial charge in [-0.1, -0.05) is 18.2 Å². The van der Waals surface area contributed by atoms with Crippen LogP contribution in [0.15, 0.2) is 74.0 Å². The molecule has 0 atom stereocenters. The quantitative estimate of drug-likeness (QED) is 0.437. The van der Waals surface area contributed by atoms with Gasteiger partial charge in [0.1, 0.15) is 17.1 Å². The molecule has 0 spiro atoms.